The van der Waals surface area contributed by atoms with Crippen LogP contribution in [-0.4, -0.2) is 28.9 Å². The molecule has 0 aliphatic heterocycles. The second-order valence-electron chi connectivity index (χ2n) is 3.33. The van der Waals surface area contributed by atoms with Crippen molar-refractivity contribution in [3.63, 3.8) is 0 Å². The van der Waals surface area contributed by atoms with Crippen molar-refractivity contribution >= 4 is 23.2 Å². The zero-order valence-electron chi connectivity index (χ0n) is 8.64. The van der Waals surface area contributed by atoms with Crippen molar-refractivity contribution in [3.8, 4) is 0 Å². The van der Waals surface area contributed by atoms with Crippen molar-refractivity contribution in [2.24, 2.45) is 5.92 Å². The van der Waals surface area contributed by atoms with Gasteiger partial charge in [-0.2, -0.15) is 0 Å². The number of amides is 1. The third-order valence-corrected chi connectivity index (χ3v) is 2.95. The molecule has 0 aliphatic carbocycles. The summed E-state index contributed by atoms with van der Waals surface area (Å²) in [6.07, 6.45) is 0. The van der Waals surface area contributed by atoms with E-state index in [0.29, 0.717) is 6.54 Å². The first-order valence-electron chi connectivity index (χ1n) is 4.52. The van der Waals surface area contributed by atoms with Gasteiger partial charge < -0.3 is 10.0 Å². The fourth-order valence-electron chi connectivity index (χ4n) is 1.15. The van der Waals surface area contributed by atoms with Gasteiger partial charge >= 0.3 is 5.97 Å². The Kier molecular flexibility index (Phi) is 3.85. The molecular formula is C10H13NO3S. The largest absolute Gasteiger partial charge is 0.481 e. The minimum atomic E-state index is -1.09. The number of carboxylic acid groups (broad SMARTS) is 1. The maximum Gasteiger partial charge on any atom is 0.315 e. The van der Waals surface area contributed by atoms with Gasteiger partial charge in [-0.05, 0) is 18.4 Å². The van der Waals surface area contributed by atoms with Crippen LogP contribution in [0.25, 0.3) is 0 Å². The van der Waals surface area contributed by atoms with Gasteiger partial charge in [0.2, 0.25) is 5.91 Å². The van der Waals surface area contributed by atoms with Crippen molar-refractivity contribution in [2.45, 2.75) is 13.5 Å². The van der Waals surface area contributed by atoms with E-state index < -0.39 is 11.9 Å². The number of hydrogen-bond donors (Lipinski definition) is 1. The molecule has 1 aromatic rings. The van der Waals surface area contributed by atoms with Crippen molar-refractivity contribution < 1.29 is 14.7 Å². The van der Waals surface area contributed by atoms with E-state index in [2.05, 4.69) is 0 Å². The summed E-state index contributed by atoms with van der Waals surface area (Å²) in [5.74, 6) is -2.43. The Labute approximate surface area is 92.1 Å². The van der Waals surface area contributed by atoms with Crippen molar-refractivity contribution in [3.05, 3.63) is 22.4 Å². The minimum absolute atomic E-state index is 0.365. The second kappa shape index (κ2) is 4.93. The summed E-state index contributed by atoms with van der Waals surface area (Å²) < 4.78 is 0. The monoisotopic (exact) mass is 227 g/mol. The summed E-state index contributed by atoms with van der Waals surface area (Å²) in [6.45, 7) is 1.86. The first kappa shape index (κ1) is 11.7. The minimum Gasteiger partial charge on any atom is -0.481 e. The van der Waals surface area contributed by atoms with Gasteiger partial charge in [0.1, 0.15) is 5.92 Å². The van der Waals surface area contributed by atoms with Crippen LogP contribution in [0.1, 0.15) is 11.8 Å². The Morgan fingerprint density at radius 1 is 1.60 bits per heavy atom. The maximum atomic E-state index is 11.6. The molecule has 5 heteroatoms. The highest BCUT2D eigenvalue weighted by molar-refractivity contribution is 7.09. The molecule has 0 spiro atoms. The molecule has 1 N–H and O–H groups in total. The van der Waals surface area contributed by atoms with E-state index >= 15 is 0 Å². The topological polar surface area (TPSA) is 57.6 Å². The first-order valence-corrected chi connectivity index (χ1v) is 5.40. The molecule has 1 amide bonds. The highest BCUT2D eigenvalue weighted by atomic mass is 32.1. The zero-order chi connectivity index (χ0) is 11.4. The third kappa shape index (κ3) is 3.06. The quantitative estimate of drug-likeness (QED) is 0.791. The maximum absolute atomic E-state index is 11.6. The second-order valence-corrected chi connectivity index (χ2v) is 4.37. The zero-order valence-corrected chi connectivity index (χ0v) is 9.45. The van der Waals surface area contributed by atoms with Crippen LogP contribution in [0.2, 0.25) is 0 Å². The average Bonchev–Trinajstić information content (AvgIpc) is 2.67. The van der Waals surface area contributed by atoms with Gasteiger partial charge in [-0.25, -0.2) is 0 Å². The number of carboxylic acids is 1. The number of carbonyl (C=O) groups excluding carboxylic acids is 1. The number of thiophene rings is 1. The Morgan fingerprint density at radius 3 is 2.73 bits per heavy atom. The summed E-state index contributed by atoms with van der Waals surface area (Å²) >= 11 is 1.55. The molecule has 1 aromatic heterocycles. The molecule has 0 radical (unpaired) electrons. The predicted molar refractivity (Wildman–Crippen MR) is 57.6 cm³/mol. The number of nitrogens with zero attached hydrogens (tertiary/aromatic N) is 1. The Morgan fingerprint density at radius 2 is 2.27 bits per heavy atom. The molecule has 15 heavy (non-hydrogen) atoms. The fraction of sp³-hybridized carbons (Fsp3) is 0.400. The molecule has 0 aromatic carbocycles. The van der Waals surface area contributed by atoms with E-state index in [4.69, 9.17) is 5.11 Å². The molecule has 0 bridgehead atoms. The van der Waals surface area contributed by atoms with E-state index in [1.165, 1.54) is 11.8 Å². The van der Waals surface area contributed by atoms with Crippen molar-refractivity contribution in [1.82, 2.24) is 4.90 Å². The van der Waals surface area contributed by atoms with Crippen LogP contribution in [0.15, 0.2) is 17.5 Å². The molecule has 0 fully saturated rings. The van der Waals surface area contributed by atoms with Crippen LogP contribution in [0.3, 0.4) is 0 Å². The van der Waals surface area contributed by atoms with Gasteiger partial charge in [0.15, 0.2) is 0 Å². The molecule has 1 atom stereocenters. The normalized spacial score (nSPS) is 12.1. The summed E-state index contributed by atoms with van der Waals surface area (Å²) in [4.78, 5) is 24.6. The smallest absolute Gasteiger partial charge is 0.315 e. The van der Waals surface area contributed by atoms with Gasteiger partial charge in [0.25, 0.3) is 0 Å². The lowest BCUT2D eigenvalue weighted by molar-refractivity contribution is -0.149. The lowest BCUT2D eigenvalue weighted by Gasteiger charge is -2.18. The van der Waals surface area contributed by atoms with Crippen molar-refractivity contribution in [1.29, 1.82) is 0 Å². The summed E-state index contributed by atoms with van der Waals surface area (Å²) in [5, 5.41) is 10.6. The first-order chi connectivity index (χ1) is 7.02. The van der Waals surface area contributed by atoms with Crippen LogP contribution in [0, 0.1) is 5.92 Å². The van der Waals surface area contributed by atoms with Crippen LogP contribution in [0.5, 0.6) is 0 Å². The van der Waals surface area contributed by atoms with Crippen LogP contribution in [0.4, 0.5) is 0 Å². The standard InChI is InChI=1S/C10H13NO3S/c1-7(10(13)14)9(12)11(2)6-8-4-3-5-15-8/h3-5,7H,6H2,1-2H3,(H,13,14). The van der Waals surface area contributed by atoms with Gasteiger partial charge in [-0.3, -0.25) is 9.59 Å². The Bertz CT molecular complexity index is 348. The fourth-order valence-corrected chi connectivity index (χ4v) is 1.91. The highest BCUT2D eigenvalue weighted by Gasteiger charge is 2.23. The SMILES string of the molecule is CC(C(=O)O)C(=O)N(C)Cc1cccs1. The number of aliphatic carboxylic acids is 1. The molecule has 0 saturated heterocycles. The lowest BCUT2D eigenvalue weighted by atomic mass is 10.1. The van der Waals surface area contributed by atoms with E-state index in [1.807, 2.05) is 17.5 Å². The third-order valence-electron chi connectivity index (χ3n) is 2.09. The molecular weight excluding hydrogens is 214 g/mol. The molecule has 1 heterocycles. The lowest BCUT2D eigenvalue weighted by Crippen LogP contribution is -2.34. The van der Waals surface area contributed by atoms with E-state index in [9.17, 15) is 9.59 Å². The molecule has 1 unspecified atom stereocenters. The Hall–Kier alpha value is -1.36. The number of hydrogen-bond acceptors (Lipinski definition) is 3. The summed E-state index contributed by atoms with van der Waals surface area (Å²) in [7, 11) is 1.61. The van der Waals surface area contributed by atoms with Gasteiger partial charge in [0, 0.05) is 11.9 Å². The predicted octanol–water partition coefficient (Wildman–Crippen LogP) is 1.43. The van der Waals surface area contributed by atoms with E-state index in [1.54, 1.807) is 18.4 Å². The van der Waals surface area contributed by atoms with Crippen molar-refractivity contribution in [2.75, 3.05) is 7.05 Å². The molecule has 82 valence electrons. The van der Waals surface area contributed by atoms with E-state index in [0.717, 1.165) is 4.88 Å². The van der Waals surface area contributed by atoms with Crippen LogP contribution in [-0.2, 0) is 16.1 Å². The van der Waals surface area contributed by atoms with Gasteiger partial charge in [0.05, 0.1) is 6.54 Å². The van der Waals surface area contributed by atoms with Gasteiger partial charge in [-0.1, -0.05) is 6.07 Å². The van der Waals surface area contributed by atoms with Crippen LogP contribution < -0.4 is 0 Å². The number of carbonyl (C=O) groups is 2. The number of rotatable bonds is 4. The van der Waals surface area contributed by atoms with Gasteiger partial charge in [-0.15, -0.1) is 11.3 Å². The van der Waals surface area contributed by atoms with Crippen LogP contribution >= 0.6 is 11.3 Å². The van der Waals surface area contributed by atoms with E-state index in [-0.39, 0.29) is 5.91 Å². The summed E-state index contributed by atoms with van der Waals surface area (Å²) in [5.41, 5.74) is 0. The highest BCUT2D eigenvalue weighted by Crippen LogP contribution is 2.12. The summed E-state index contributed by atoms with van der Waals surface area (Å²) in [6, 6.07) is 3.82. The molecule has 1 rings (SSSR count). The molecule has 0 aliphatic rings. The molecule has 4 nitrogen and oxygen atoms in total. The molecule has 0 saturated carbocycles. The Balaban J connectivity index is 2.57. The average molecular weight is 227 g/mol.